The number of urea groups is 1. The minimum absolute atomic E-state index is 0.244. The molecule has 0 aliphatic carbocycles. The molecule has 0 bridgehead atoms. The molecule has 0 aromatic carbocycles. The monoisotopic (exact) mass is 284 g/mol. The van der Waals surface area contributed by atoms with Gasteiger partial charge in [0.05, 0.1) is 12.1 Å². The number of rotatable bonds is 4. The van der Waals surface area contributed by atoms with Crippen molar-refractivity contribution in [3.63, 3.8) is 0 Å². The van der Waals surface area contributed by atoms with Crippen LogP contribution in [0.5, 0.6) is 0 Å². The summed E-state index contributed by atoms with van der Waals surface area (Å²) in [5.41, 5.74) is -0.824. The van der Waals surface area contributed by atoms with Crippen molar-refractivity contribution in [1.82, 2.24) is 10.6 Å². The Bertz CT molecular complexity index is 427. The first-order valence-corrected chi connectivity index (χ1v) is 7.26. The lowest BCUT2D eigenvalue weighted by Crippen LogP contribution is -2.48. The van der Waals surface area contributed by atoms with E-state index in [9.17, 15) is 9.90 Å². The van der Waals surface area contributed by atoms with E-state index in [1.165, 1.54) is 4.88 Å². The number of thiophene rings is 1. The van der Waals surface area contributed by atoms with Crippen molar-refractivity contribution in [2.24, 2.45) is 0 Å². The average molecular weight is 284 g/mol. The van der Waals surface area contributed by atoms with Gasteiger partial charge in [-0.25, -0.2) is 4.79 Å². The fourth-order valence-corrected chi connectivity index (χ4v) is 2.81. The molecule has 1 aromatic rings. The number of amides is 2. The van der Waals surface area contributed by atoms with Gasteiger partial charge in [-0.15, -0.1) is 11.3 Å². The second kappa shape index (κ2) is 6.36. The Hall–Kier alpha value is -1.11. The fourth-order valence-electron chi connectivity index (χ4n) is 1.98. The van der Waals surface area contributed by atoms with Gasteiger partial charge in [0.2, 0.25) is 0 Å². The first-order valence-electron chi connectivity index (χ1n) is 6.45. The molecule has 2 rings (SSSR count). The highest BCUT2D eigenvalue weighted by molar-refractivity contribution is 7.11. The second-order valence-electron chi connectivity index (χ2n) is 4.89. The van der Waals surface area contributed by atoms with Crippen LogP contribution in [0.2, 0.25) is 0 Å². The SMILES string of the molecule is Cc1ccc(CNC(=O)NCC2(O)CCOCC2)s1. The number of hydrogen-bond donors (Lipinski definition) is 3. The highest BCUT2D eigenvalue weighted by Gasteiger charge is 2.29. The van der Waals surface area contributed by atoms with Gasteiger partial charge in [-0.2, -0.15) is 0 Å². The quantitative estimate of drug-likeness (QED) is 0.782. The molecule has 2 heterocycles. The zero-order valence-corrected chi connectivity index (χ0v) is 11.9. The van der Waals surface area contributed by atoms with Gasteiger partial charge >= 0.3 is 6.03 Å². The van der Waals surface area contributed by atoms with Crippen molar-refractivity contribution < 1.29 is 14.6 Å². The molecule has 1 saturated heterocycles. The normalized spacial score (nSPS) is 18.0. The Kier molecular flexibility index (Phi) is 4.79. The molecule has 0 atom stereocenters. The summed E-state index contributed by atoms with van der Waals surface area (Å²) in [6, 6.07) is 3.79. The van der Waals surface area contributed by atoms with Crippen molar-refractivity contribution in [1.29, 1.82) is 0 Å². The molecule has 0 unspecified atom stereocenters. The molecule has 106 valence electrons. The van der Waals surface area contributed by atoms with Crippen molar-refractivity contribution >= 4 is 17.4 Å². The van der Waals surface area contributed by atoms with E-state index in [1.54, 1.807) is 11.3 Å². The van der Waals surface area contributed by atoms with Crippen LogP contribution in [0, 0.1) is 6.92 Å². The molecule has 0 radical (unpaired) electrons. The molecule has 0 spiro atoms. The maximum atomic E-state index is 11.6. The summed E-state index contributed by atoms with van der Waals surface area (Å²) in [4.78, 5) is 14.0. The van der Waals surface area contributed by atoms with Crippen molar-refractivity contribution in [3.8, 4) is 0 Å². The van der Waals surface area contributed by atoms with E-state index in [-0.39, 0.29) is 12.6 Å². The van der Waals surface area contributed by atoms with Crippen molar-refractivity contribution in [3.05, 3.63) is 21.9 Å². The lowest BCUT2D eigenvalue weighted by atomic mass is 9.94. The Balaban J connectivity index is 1.69. The van der Waals surface area contributed by atoms with E-state index >= 15 is 0 Å². The lowest BCUT2D eigenvalue weighted by Gasteiger charge is -2.32. The molecule has 6 heteroatoms. The zero-order valence-electron chi connectivity index (χ0n) is 11.1. The molecule has 0 saturated carbocycles. The number of aryl methyl sites for hydroxylation is 1. The van der Waals surface area contributed by atoms with Crippen molar-refractivity contribution in [2.45, 2.75) is 31.9 Å². The molecule has 1 aromatic heterocycles. The van der Waals surface area contributed by atoms with Crippen LogP contribution in [-0.4, -0.2) is 36.5 Å². The molecular weight excluding hydrogens is 264 g/mol. The van der Waals surface area contributed by atoms with Gasteiger partial charge < -0.3 is 20.5 Å². The zero-order chi connectivity index (χ0) is 13.7. The summed E-state index contributed by atoms with van der Waals surface area (Å²) in [5.74, 6) is 0. The van der Waals surface area contributed by atoms with E-state index in [1.807, 2.05) is 19.1 Å². The minimum Gasteiger partial charge on any atom is -0.388 e. The van der Waals surface area contributed by atoms with Crippen LogP contribution in [0.15, 0.2) is 12.1 Å². The van der Waals surface area contributed by atoms with Gasteiger partial charge in [-0.1, -0.05) is 0 Å². The number of hydrogen-bond acceptors (Lipinski definition) is 4. The van der Waals surface area contributed by atoms with Gasteiger partial charge in [0.1, 0.15) is 0 Å². The standard InChI is InChI=1S/C13H20N2O3S/c1-10-2-3-11(19-10)8-14-12(16)15-9-13(17)4-6-18-7-5-13/h2-3,17H,4-9H2,1H3,(H2,14,15,16). The number of carbonyl (C=O) groups is 1. The van der Waals surface area contributed by atoms with Gasteiger partial charge in [0.25, 0.3) is 0 Å². The number of aliphatic hydroxyl groups is 1. The first kappa shape index (κ1) is 14.3. The molecule has 1 aliphatic heterocycles. The second-order valence-corrected chi connectivity index (χ2v) is 6.26. The van der Waals surface area contributed by atoms with Crippen LogP contribution < -0.4 is 10.6 Å². The Morgan fingerprint density at radius 2 is 2.16 bits per heavy atom. The van der Waals surface area contributed by atoms with Crippen LogP contribution in [0.25, 0.3) is 0 Å². The Morgan fingerprint density at radius 3 is 2.79 bits per heavy atom. The molecular formula is C13H20N2O3S. The van der Waals surface area contributed by atoms with Gasteiger partial charge in [-0.05, 0) is 19.1 Å². The van der Waals surface area contributed by atoms with E-state index in [0.29, 0.717) is 32.6 Å². The molecule has 1 aliphatic rings. The third kappa shape index (κ3) is 4.49. The predicted octanol–water partition coefficient (Wildman–Crippen LogP) is 1.40. The van der Waals surface area contributed by atoms with Gasteiger partial charge in [-0.3, -0.25) is 0 Å². The fraction of sp³-hybridized carbons (Fsp3) is 0.615. The molecule has 1 fully saturated rings. The number of carbonyl (C=O) groups excluding carboxylic acids is 1. The third-order valence-corrected chi connectivity index (χ3v) is 4.22. The molecule has 19 heavy (non-hydrogen) atoms. The van der Waals surface area contributed by atoms with E-state index in [2.05, 4.69) is 10.6 Å². The summed E-state index contributed by atoms with van der Waals surface area (Å²) in [6.45, 7) is 3.93. The summed E-state index contributed by atoms with van der Waals surface area (Å²) < 4.78 is 5.19. The summed E-state index contributed by atoms with van der Waals surface area (Å²) in [6.07, 6.45) is 1.13. The average Bonchev–Trinajstić information content (AvgIpc) is 2.81. The summed E-state index contributed by atoms with van der Waals surface area (Å²) in [7, 11) is 0. The largest absolute Gasteiger partial charge is 0.388 e. The molecule has 3 N–H and O–H groups in total. The van der Waals surface area contributed by atoms with E-state index in [4.69, 9.17) is 4.74 Å². The van der Waals surface area contributed by atoms with Crippen LogP contribution >= 0.6 is 11.3 Å². The van der Waals surface area contributed by atoms with Crippen LogP contribution in [0.4, 0.5) is 4.79 Å². The van der Waals surface area contributed by atoms with Crippen LogP contribution in [0.1, 0.15) is 22.6 Å². The topological polar surface area (TPSA) is 70.6 Å². The maximum absolute atomic E-state index is 11.6. The summed E-state index contributed by atoms with van der Waals surface area (Å²) in [5, 5.41) is 15.7. The highest BCUT2D eigenvalue weighted by Crippen LogP contribution is 2.19. The lowest BCUT2D eigenvalue weighted by molar-refractivity contribution is -0.0600. The Morgan fingerprint density at radius 1 is 1.42 bits per heavy atom. The highest BCUT2D eigenvalue weighted by atomic mass is 32.1. The van der Waals surface area contributed by atoms with Crippen LogP contribution in [0.3, 0.4) is 0 Å². The van der Waals surface area contributed by atoms with E-state index < -0.39 is 5.60 Å². The molecule has 2 amide bonds. The van der Waals surface area contributed by atoms with Crippen molar-refractivity contribution in [2.75, 3.05) is 19.8 Å². The molecule has 5 nitrogen and oxygen atoms in total. The van der Waals surface area contributed by atoms with Gasteiger partial charge in [0.15, 0.2) is 0 Å². The van der Waals surface area contributed by atoms with Gasteiger partial charge in [0, 0.05) is 42.4 Å². The third-order valence-electron chi connectivity index (χ3n) is 3.22. The van der Waals surface area contributed by atoms with E-state index in [0.717, 1.165) is 4.88 Å². The first-order chi connectivity index (χ1) is 9.07. The Labute approximate surface area is 117 Å². The predicted molar refractivity (Wildman–Crippen MR) is 74.3 cm³/mol. The number of nitrogens with one attached hydrogen (secondary N) is 2. The minimum atomic E-state index is -0.824. The summed E-state index contributed by atoms with van der Waals surface area (Å²) >= 11 is 1.67. The maximum Gasteiger partial charge on any atom is 0.315 e. The smallest absolute Gasteiger partial charge is 0.315 e. The van der Waals surface area contributed by atoms with Crippen LogP contribution in [-0.2, 0) is 11.3 Å². The number of ether oxygens (including phenoxy) is 1.